The summed E-state index contributed by atoms with van der Waals surface area (Å²) in [5.41, 5.74) is 1.22. The van der Waals surface area contributed by atoms with Gasteiger partial charge in [-0.3, -0.25) is 9.69 Å². The molecular weight excluding hydrogens is 354 g/mol. The summed E-state index contributed by atoms with van der Waals surface area (Å²) in [4.78, 5) is 27.5. The Hall–Kier alpha value is -2.08. The fourth-order valence-electron chi connectivity index (χ4n) is 4.22. The fraction of sp³-hybridized carbons (Fsp3) is 0.636. The van der Waals surface area contributed by atoms with Gasteiger partial charge in [0.25, 0.3) is 0 Å². The quantitative estimate of drug-likeness (QED) is 0.715. The molecule has 1 aliphatic rings. The van der Waals surface area contributed by atoms with Crippen LogP contribution in [0.1, 0.15) is 51.5 Å². The summed E-state index contributed by atoms with van der Waals surface area (Å²) < 4.78 is 0. The molecule has 1 aromatic rings. The SMILES string of the molecule is CCC(CC)(CNC(=O)N1CCCC(N(C)CC(=O)O)CC1)c1ccccc1. The van der Waals surface area contributed by atoms with Crippen LogP contribution in [0.2, 0.25) is 0 Å². The molecule has 0 bridgehead atoms. The highest BCUT2D eigenvalue weighted by molar-refractivity contribution is 5.74. The third-order valence-corrected chi connectivity index (χ3v) is 6.31. The van der Waals surface area contributed by atoms with Gasteiger partial charge >= 0.3 is 12.0 Å². The van der Waals surface area contributed by atoms with Crippen LogP contribution >= 0.6 is 0 Å². The first-order valence-corrected chi connectivity index (χ1v) is 10.4. The van der Waals surface area contributed by atoms with Crippen LogP contribution in [0, 0.1) is 0 Å². The average Bonchev–Trinajstić information content (AvgIpc) is 2.96. The van der Waals surface area contributed by atoms with Crippen molar-refractivity contribution in [1.29, 1.82) is 0 Å². The van der Waals surface area contributed by atoms with Crippen molar-refractivity contribution in [2.45, 2.75) is 57.4 Å². The van der Waals surface area contributed by atoms with Gasteiger partial charge in [-0.2, -0.15) is 0 Å². The molecule has 0 spiro atoms. The average molecular weight is 390 g/mol. The minimum atomic E-state index is -0.808. The summed E-state index contributed by atoms with van der Waals surface area (Å²) in [6, 6.07) is 10.6. The second-order valence-electron chi connectivity index (χ2n) is 7.89. The molecule has 2 amide bonds. The normalized spacial score (nSPS) is 18.0. The first-order valence-electron chi connectivity index (χ1n) is 10.4. The molecule has 6 nitrogen and oxygen atoms in total. The van der Waals surface area contributed by atoms with Crippen LogP contribution in [0.25, 0.3) is 0 Å². The molecule has 2 rings (SSSR count). The first kappa shape index (κ1) is 22.2. The van der Waals surface area contributed by atoms with E-state index in [1.807, 2.05) is 22.9 Å². The summed E-state index contributed by atoms with van der Waals surface area (Å²) in [5, 5.41) is 12.2. The van der Waals surface area contributed by atoms with Gasteiger partial charge < -0.3 is 15.3 Å². The highest BCUT2D eigenvalue weighted by atomic mass is 16.4. The first-order chi connectivity index (χ1) is 13.4. The van der Waals surface area contributed by atoms with Crippen LogP contribution in [0.3, 0.4) is 0 Å². The molecule has 1 unspecified atom stereocenters. The molecule has 28 heavy (non-hydrogen) atoms. The number of aliphatic carboxylic acids is 1. The number of benzene rings is 1. The Morgan fingerprint density at radius 1 is 1.18 bits per heavy atom. The van der Waals surface area contributed by atoms with Gasteiger partial charge in [-0.05, 0) is 44.7 Å². The monoisotopic (exact) mass is 389 g/mol. The van der Waals surface area contributed by atoms with Gasteiger partial charge in [0.1, 0.15) is 0 Å². The number of nitrogens with zero attached hydrogens (tertiary/aromatic N) is 2. The number of hydrogen-bond acceptors (Lipinski definition) is 3. The van der Waals surface area contributed by atoms with Crippen LogP contribution in [0.4, 0.5) is 4.79 Å². The van der Waals surface area contributed by atoms with Crippen LogP contribution in [0.15, 0.2) is 30.3 Å². The van der Waals surface area contributed by atoms with Gasteiger partial charge in [-0.15, -0.1) is 0 Å². The van der Waals surface area contributed by atoms with Gasteiger partial charge in [0, 0.05) is 31.1 Å². The van der Waals surface area contributed by atoms with Crippen molar-refractivity contribution < 1.29 is 14.7 Å². The number of amides is 2. The largest absolute Gasteiger partial charge is 0.480 e. The molecule has 1 heterocycles. The Labute approximate surface area is 168 Å². The maximum atomic E-state index is 12.8. The molecule has 0 aromatic heterocycles. The van der Waals surface area contributed by atoms with Gasteiger partial charge in [0.2, 0.25) is 0 Å². The minimum absolute atomic E-state index is 0.0104. The van der Waals surface area contributed by atoms with Crippen molar-refractivity contribution in [2.75, 3.05) is 33.2 Å². The molecule has 0 aliphatic carbocycles. The lowest BCUT2D eigenvalue weighted by Gasteiger charge is -2.34. The second kappa shape index (κ2) is 10.5. The molecule has 1 fully saturated rings. The maximum absolute atomic E-state index is 12.8. The number of urea groups is 1. The van der Waals surface area contributed by atoms with Crippen molar-refractivity contribution in [2.24, 2.45) is 0 Å². The van der Waals surface area contributed by atoms with E-state index in [1.54, 1.807) is 0 Å². The maximum Gasteiger partial charge on any atom is 0.317 e. The third-order valence-electron chi connectivity index (χ3n) is 6.31. The smallest absolute Gasteiger partial charge is 0.317 e. The number of nitrogens with one attached hydrogen (secondary N) is 1. The van der Waals surface area contributed by atoms with E-state index in [4.69, 9.17) is 5.11 Å². The summed E-state index contributed by atoms with van der Waals surface area (Å²) >= 11 is 0. The predicted octanol–water partition coefficient (Wildman–Crippen LogP) is 3.32. The molecule has 156 valence electrons. The topological polar surface area (TPSA) is 72.9 Å². The molecule has 1 aromatic carbocycles. The van der Waals surface area contributed by atoms with Crippen molar-refractivity contribution >= 4 is 12.0 Å². The molecule has 1 aliphatic heterocycles. The Morgan fingerprint density at radius 3 is 2.46 bits per heavy atom. The van der Waals surface area contributed by atoms with E-state index in [-0.39, 0.29) is 24.0 Å². The van der Waals surface area contributed by atoms with Crippen molar-refractivity contribution in [3.8, 4) is 0 Å². The number of rotatable bonds is 8. The zero-order valence-corrected chi connectivity index (χ0v) is 17.5. The molecule has 1 saturated heterocycles. The number of carbonyl (C=O) groups excluding carboxylic acids is 1. The standard InChI is InChI=1S/C22H35N3O3/c1-4-22(5-2,18-10-7-6-8-11-18)17-23-21(28)25-14-9-12-19(13-15-25)24(3)16-20(26)27/h6-8,10-11,19H,4-5,9,12-17H2,1-3H3,(H,23,28)(H,26,27). The summed E-state index contributed by atoms with van der Waals surface area (Å²) in [5.74, 6) is -0.808. The van der Waals surface area contributed by atoms with E-state index < -0.39 is 5.97 Å². The van der Waals surface area contributed by atoms with Crippen molar-refractivity contribution in [1.82, 2.24) is 15.1 Å². The summed E-state index contributed by atoms with van der Waals surface area (Å²) in [6.45, 7) is 6.41. The Kier molecular flexibility index (Phi) is 8.30. The molecule has 0 radical (unpaired) electrons. The van der Waals surface area contributed by atoms with Gasteiger partial charge in [0.15, 0.2) is 0 Å². The molecule has 0 saturated carbocycles. The fourth-order valence-corrected chi connectivity index (χ4v) is 4.22. The highest BCUT2D eigenvalue weighted by Crippen LogP contribution is 2.31. The van der Waals surface area contributed by atoms with Gasteiger partial charge in [0.05, 0.1) is 6.54 Å². The van der Waals surface area contributed by atoms with Crippen molar-refractivity contribution in [3.63, 3.8) is 0 Å². The number of likely N-dealkylation sites (N-methyl/N-ethyl adjacent to an activating group) is 1. The van der Waals surface area contributed by atoms with Gasteiger partial charge in [-0.25, -0.2) is 4.79 Å². The highest BCUT2D eigenvalue weighted by Gasteiger charge is 2.30. The van der Waals surface area contributed by atoms with E-state index in [2.05, 4.69) is 43.4 Å². The van der Waals surface area contributed by atoms with Gasteiger partial charge in [-0.1, -0.05) is 44.2 Å². The van der Waals surface area contributed by atoms with Crippen LogP contribution in [-0.4, -0.2) is 66.2 Å². The number of carboxylic acids is 1. The number of carboxylic acid groups (broad SMARTS) is 1. The zero-order chi connectivity index (χ0) is 20.6. The van der Waals surface area contributed by atoms with Crippen LogP contribution < -0.4 is 5.32 Å². The van der Waals surface area contributed by atoms with E-state index in [1.165, 1.54) is 5.56 Å². The lowest BCUT2D eigenvalue weighted by atomic mass is 9.76. The van der Waals surface area contributed by atoms with E-state index >= 15 is 0 Å². The lowest BCUT2D eigenvalue weighted by Crippen LogP contribution is -2.47. The summed E-state index contributed by atoms with van der Waals surface area (Å²) in [7, 11) is 1.85. The summed E-state index contributed by atoms with van der Waals surface area (Å²) in [6.07, 6.45) is 4.56. The third kappa shape index (κ3) is 5.71. The number of likely N-dealkylation sites (tertiary alicyclic amines) is 1. The van der Waals surface area contributed by atoms with Crippen LogP contribution in [0.5, 0.6) is 0 Å². The number of carbonyl (C=O) groups is 2. The predicted molar refractivity (Wildman–Crippen MR) is 112 cm³/mol. The Bertz CT molecular complexity index is 631. The lowest BCUT2D eigenvalue weighted by molar-refractivity contribution is -0.138. The zero-order valence-electron chi connectivity index (χ0n) is 17.5. The molecule has 1 atom stereocenters. The molecule has 2 N–H and O–H groups in total. The second-order valence-corrected chi connectivity index (χ2v) is 7.89. The van der Waals surface area contributed by atoms with E-state index in [0.717, 1.165) is 38.6 Å². The van der Waals surface area contributed by atoms with E-state index in [0.29, 0.717) is 13.1 Å². The Balaban J connectivity index is 1.94. The molecular formula is C22H35N3O3. The van der Waals surface area contributed by atoms with E-state index in [9.17, 15) is 9.59 Å². The Morgan fingerprint density at radius 2 is 1.86 bits per heavy atom. The minimum Gasteiger partial charge on any atom is -0.480 e. The number of hydrogen-bond donors (Lipinski definition) is 2. The van der Waals surface area contributed by atoms with Crippen molar-refractivity contribution in [3.05, 3.63) is 35.9 Å². The van der Waals surface area contributed by atoms with Crippen LogP contribution in [-0.2, 0) is 10.2 Å². The molecule has 6 heteroatoms.